The van der Waals surface area contributed by atoms with Crippen molar-refractivity contribution < 1.29 is 4.74 Å². The number of aromatic nitrogens is 2. The lowest BCUT2D eigenvalue weighted by Crippen LogP contribution is -2.04. The van der Waals surface area contributed by atoms with E-state index in [9.17, 15) is 0 Å². The zero-order chi connectivity index (χ0) is 12.3. The minimum atomic E-state index is 0.528. The number of nitrogens with two attached hydrogens (primary N) is 1. The van der Waals surface area contributed by atoms with Crippen molar-refractivity contribution in [3.05, 3.63) is 46.2 Å². The van der Waals surface area contributed by atoms with Crippen LogP contribution in [0.25, 0.3) is 0 Å². The van der Waals surface area contributed by atoms with Crippen molar-refractivity contribution in [2.24, 2.45) is 5.73 Å². The molecule has 0 saturated carbocycles. The van der Waals surface area contributed by atoms with Crippen LogP contribution < -0.4 is 10.5 Å². The number of benzene rings is 1. The van der Waals surface area contributed by atoms with Gasteiger partial charge in [0, 0.05) is 18.3 Å². The summed E-state index contributed by atoms with van der Waals surface area (Å²) in [5.74, 6) is 0.855. The van der Waals surface area contributed by atoms with Crippen LogP contribution >= 0.6 is 15.9 Å². The molecule has 4 nitrogen and oxygen atoms in total. The van der Waals surface area contributed by atoms with Gasteiger partial charge in [0.15, 0.2) is 0 Å². The molecule has 2 N–H and O–H groups in total. The van der Waals surface area contributed by atoms with Crippen LogP contribution in [-0.2, 0) is 13.1 Å². The van der Waals surface area contributed by atoms with E-state index in [2.05, 4.69) is 27.1 Å². The molecule has 2 aromatic rings. The smallest absolute Gasteiger partial charge is 0.123 e. The van der Waals surface area contributed by atoms with Gasteiger partial charge in [-0.15, -0.1) is 0 Å². The highest BCUT2D eigenvalue weighted by Crippen LogP contribution is 2.21. The van der Waals surface area contributed by atoms with Gasteiger partial charge in [-0.25, -0.2) is 0 Å². The Labute approximate surface area is 109 Å². The number of rotatable bonds is 4. The molecular formula is C12H14BrN3O. The lowest BCUT2D eigenvalue weighted by Gasteiger charge is -2.10. The second-order valence-corrected chi connectivity index (χ2v) is 4.62. The summed E-state index contributed by atoms with van der Waals surface area (Å²) in [5.41, 5.74) is 7.80. The maximum Gasteiger partial charge on any atom is 0.123 e. The number of methoxy groups -OCH3 is 1. The number of nitrogens with zero attached hydrogens (tertiary/aromatic N) is 2. The van der Waals surface area contributed by atoms with E-state index in [1.54, 1.807) is 13.3 Å². The fourth-order valence-corrected chi connectivity index (χ4v) is 2.01. The maximum absolute atomic E-state index is 5.64. The van der Waals surface area contributed by atoms with E-state index in [-0.39, 0.29) is 0 Å². The first kappa shape index (κ1) is 12.1. The summed E-state index contributed by atoms with van der Waals surface area (Å²) in [5, 5.41) is 4.22. The molecular weight excluding hydrogens is 282 g/mol. The third kappa shape index (κ3) is 2.87. The van der Waals surface area contributed by atoms with Gasteiger partial charge in [-0.2, -0.15) is 5.10 Å². The molecule has 0 amide bonds. The van der Waals surface area contributed by atoms with Crippen molar-refractivity contribution in [1.82, 2.24) is 9.78 Å². The molecule has 1 heterocycles. The molecule has 0 atom stereocenters. The highest BCUT2D eigenvalue weighted by Gasteiger charge is 2.05. The van der Waals surface area contributed by atoms with Gasteiger partial charge in [0.25, 0.3) is 0 Å². The quantitative estimate of drug-likeness (QED) is 0.940. The van der Waals surface area contributed by atoms with Gasteiger partial charge in [-0.05, 0) is 33.6 Å². The molecule has 0 aliphatic heterocycles. The van der Waals surface area contributed by atoms with Gasteiger partial charge < -0.3 is 10.5 Å². The molecule has 5 heteroatoms. The molecule has 0 spiro atoms. The lowest BCUT2D eigenvalue weighted by atomic mass is 10.1. The Morgan fingerprint density at radius 2 is 2.29 bits per heavy atom. The zero-order valence-electron chi connectivity index (χ0n) is 9.56. The van der Waals surface area contributed by atoms with E-state index in [1.165, 1.54) is 0 Å². The van der Waals surface area contributed by atoms with Crippen LogP contribution in [0.1, 0.15) is 11.1 Å². The molecule has 2 rings (SSSR count). The third-order valence-corrected chi connectivity index (χ3v) is 2.92. The van der Waals surface area contributed by atoms with Gasteiger partial charge in [-0.3, -0.25) is 4.68 Å². The van der Waals surface area contributed by atoms with E-state index >= 15 is 0 Å². The van der Waals surface area contributed by atoms with Crippen LogP contribution in [0.4, 0.5) is 0 Å². The van der Waals surface area contributed by atoms with E-state index in [0.717, 1.165) is 21.3 Å². The van der Waals surface area contributed by atoms with Crippen LogP contribution in [0.15, 0.2) is 35.1 Å². The van der Waals surface area contributed by atoms with Gasteiger partial charge >= 0.3 is 0 Å². The lowest BCUT2D eigenvalue weighted by molar-refractivity contribution is 0.407. The summed E-state index contributed by atoms with van der Waals surface area (Å²) in [4.78, 5) is 0. The Balaban J connectivity index is 2.29. The predicted molar refractivity (Wildman–Crippen MR) is 69.9 cm³/mol. The maximum atomic E-state index is 5.64. The molecule has 0 radical (unpaired) electrons. The highest BCUT2D eigenvalue weighted by atomic mass is 79.9. The second-order valence-electron chi connectivity index (χ2n) is 3.71. The summed E-state index contributed by atoms with van der Waals surface area (Å²) in [6.07, 6.45) is 3.69. The Morgan fingerprint density at radius 1 is 1.47 bits per heavy atom. The summed E-state index contributed by atoms with van der Waals surface area (Å²) in [7, 11) is 1.67. The van der Waals surface area contributed by atoms with Crippen molar-refractivity contribution in [2.75, 3.05) is 7.11 Å². The predicted octanol–water partition coefficient (Wildman–Crippen LogP) is 2.16. The fourth-order valence-electron chi connectivity index (χ4n) is 1.68. The van der Waals surface area contributed by atoms with Gasteiger partial charge in [-0.1, -0.05) is 6.07 Å². The minimum absolute atomic E-state index is 0.528. The highest BCUT2D eigenvalue weighted by molar-refractivity contribution is 9.10. The van der Waals surface area contributed by atoms with Crippen LogP contribution in [0.5, 0.6) is 5.75 Å². The van der Waals surface area contributed by atoms with Gasteiger partial charge in [0.1, 0.15) is 5.75 Å². The Bertz CT molecular complexity index is 510. The van der Waals surface area contributed by atoms with Crippen molar-refractivity contribution >= 4 is 15.9 Å². The van der Waals surface area contributed by atoms with E-state index in [1.807, 2.05) is 23.0 Å². The molecule has 1 aromatic carbocycles. The average Bonchev–Trinajstić information content (AvgIpc) is 2.74. The molecule has 0 unspecified atom stereocenters. The van der Waals surface area contributed by atoms with Gasteiger partial charge in [0.05, 0.1) is 24.3 Å². The molecule has 0 saturated heterocycles. The monoisotopic (exact) mass is 295 g/mol. The topological polar surface area (TPSA) is 53.1 Å². The van der Waals surface area contributed by atoms with Crippen LogP contribution in [0.3, 0.4) is 0 Å². The standard InChI is InChI=1S/C12H14BrN3O/c1-17-12-3-2-9(5-14)4-10(12)7-16-8-11(13)6-15-16/h2-4,6,8H,5,7,14H2,1H3. The molecule has 0 aliphatic rings. The average molecular weight is 296 g/mol. The van der Waals surface area contributed by atoms with Crippen molar-refractivity contribution in [2.45, 2.75) is 13.1 Å². The van der Waals surface area contributed by atoms with Crippen molar-refractivity contribution in [3.63, 3.8) is 0 Å². The van der Waals surface area contributed by atoms with Crippen molar-refractivity contribution in [1.29, 1.82) is 0 Å². The third-order valence-electron chi connectivity index (χ3n) is 2.51. The SMILES string of the molecule is COc1ccc(CN)cc1Cn1cc(Br)cn1. The van der Waals surface area contributed by atoms with E-state index in [0.29, 0.717) is 13.1 Å². The molecule has 0 bridgehead atoms. The Hall–Kier alpha value is -1.33. The normalized spacial score (nSPS) is 10.5. The number of ether oxygens (including phenoxy) is 1. The summed E-state index contributed by atoms with van der Waals surface area (Å²) < 4.78 is 8.14. The fraction of sp³-hybridized carbons (Fsp3) is 0.250. The molecule has 1 aromatic heterocycles. The van der Waals surface area contributed by atoms with Crippen LogP contribution in [0.2, 0.25) is 0 Å². The summed E-state index contributed by atoms with van der Waals surface area (Å²) in [6.45, 7) is 1.20. The summed E-state index contributed by atoms with van der Waals surface area (Å²) >= 11 is 3.37. The first-order valence-electron chi connectivity index (χ1n) is 5.26. The molecule has 0 aliphatic carbocycles. The molecule has 17 heavy (non-hydrogen) atoms. The second kappa shape index (κ2) is 5.33. The van der Waals surface area contributed by atoms with E-state index < -0.39 is 0 Å². The number of hydrogen-bond donors (Lipinski definition) is 1. The first-order valence-corrected chi connectivity index (χ1v) is 6.06. The Morgan fingerprint density at radius 3 is 2.88 bits per heavy atom. The summed E-state index contributed by atoms with van der Waals surface area (Å²) in [6, 6.07) is 5.96. The minimum Gasteiger partial charge on any atom is -0.496 e. The first-order chi connectivity index (χ1) is 8.22. The van der Waals surface area contributed by atoms with Crippen molar-refractivity contribution in [3.8, 4) is 5.75 Å². The number of halogens is 1. The van der Waals surface area contributed by atoms with E-state index in [4.69, 9.17) is 10.5 Å². The Kier molecular flexibility index (Phi) is 3.81. The molecule has 0 fully saturated rings. The van der Waals surface area contributed by atoms with Gasteiger partial charge in [0.2, 0.25) is 0 Å². The molecule has 90 valence electrons. The van der Waals surface area contributed by atoms with Crippen LogP contribution in [-0.4, -0.2) is 16.9 Å². The largest absolute Gasteiger partial charge is 0.496 e. The van der Waals surface area contributed by atoms with Crippen LogP contribution in [0, 0.1) is 0 Å². The number of hydrogen-bond acceptors (Lipinski definition) is 3. The zero-order valence-corrected chi connectivity index (χ0v) is 11.1.